The normalized spacial score (nSPS) is 11.0. The Hall–Kier alpha value is -3.10. The maximum Gasteiger partial charge on any atom is 0.426 e. The summed E-state index contributed by atoms with van der Waals surface area (Å²) in [5, 5.41) is 2.51. The average Bonchev–Trinajstić information content (AvgIpc) is 2.57. The number of rotatable bonds is 6. The second-order valence-corrected chi connectivity index (χ2v) is 5.42. The Morgan fingerprint density at radius 3 is 2.28 bits per heavy atom. The molecule has 0 aliphatic carbocycles. The summed E-state index contributed by atoms with van der Waals surface area (Å²) in [7, 11) is 3.04. The number of hydrogen-bond donors (Lipinski definition) is 3. The van der Waals surface area contributed by atoms with Crippen molar-refractivity contribution in [3.05, 3.63) is 35.9 Å². The minimum Gasteiger partial charge on any atom is -0.438 e. The van der Waals surface area contributed by atoms with Crippen LogP contribution < -0.4 is 16.2 Å². The quantitative estimate of drug-likeness (QED) is 0.603. The summed E-state index contributed by atoms with van der Waals surface area (Å²) in [4.78, 5) is 47.5. The third kappa shape index (κ3) is 7.82. The smallest absolute Gasteiger partial charge is 0.426 e. The van der Waals surface area contributed by atoms with E-state index in [0.717, 1.165) is 5.56 Å². The highest BCUT2D eigenvalue weighted by molar-refractivity contribution is 5.88. The van der Waals surface area contributed by atoms with Gasteiger partial charge in [0.2, 0.25) is 5.91 Å². The van der Waals surface area contributed by atoms with Gasteiger partial charge < -0.3 is 15.0 Å². The van der Waals surface area contributed by atoms with Gasteiger partial charge in [-0.15, -0.1) is 0 Å². The van der Waals surface area contributed by atoms with Gasteiger partial charge in [0.15, 0.2) is 6.61 Å². The molecule has 0 aromatic heterocycles. The number of amides is 4. The third-order valence-corrected chi connectivity index (χ3v) is 3.09. The lowest BCUT2D eigenvalue weighted by Crippen LogP contribution is -2.53. The van der Waals surface area contributed by atoms with Crippen molar-refractivity contribution in [1.29, 1.82) is 0 Å². The zero-order valence-electron chi connectivity index (χ0n) is 14.4. The molecule has 0 saturated carbocycles. The van der Waals surface area contributed by atoms with Gasteiger partial charge >= 0.3 is 6.09 Å². The Morgan fingerprint density at radius 2 is 1.72 bits per heavy atom. The van der Waals surface area contributed by atoms with E-state index in [1.54, 1.807) is 0 Å². The minimum atomic E-state index is -0.982. The molecule has 9 nitrogen and oxygen atoms in total. The number of nitrogens with zero attached hydrogens (tertiary/aromatic N) is 1. The Labute approximate surface area is 145 Å². The summed E-state index contributed by atoms with van der Waals surface area (Å²) in [5.74, 6) is -1.40. The van der Waals surface area contributed by atoms with E-state index in [2.05, 4.69) is 15.5 Å². The van der Waals surface area contributed by atoms with Crippen molar-refractivity contribution in [2.45, 2.75) is 19.4 Å². The molecule has 25 heavy (non-hydrogen) atoms. The summed E-state index contributed by atoms with van der Waals surface area (Å²) in [6.45, 7) is 0.841. The van der Waals surface area contributed by atoms with Crippen LogP contribution in [-0.4, -0.2) is 55.5 Å². The van der Waals surface area contributed by atoms with Gasteiger partial charge in [0.25, 0.3) is 11.8 Å². The van der Waals surface area contributed by atoms with E-state index in [4.69, 9.17) is 0 Å². The van der Waals surface area contributed by atoms with Crippen molar-refractivity contribution in [2.24, 2.45) is 0 Å². The number of benzene rings is 1. The third-order valence-electron chi connectivity index (χ3n) is 3.09. The molecule has 1 unspecified atom stereocenters. The fourth-order valence-corrected chi connectivity index (χ4v) is 1.80. The lowest BCUT2D eigenvalue weighted by Gasteiger charge is -2.18. The fourth-order valence-electron chi connectivity index (χ4n) is 1.80. The molecule has 0 spiro atoms. The largest absolute Gasteiger partial charge is 0.438 e. The fraction of sp³-hybridized carbons (Fsp3) is 0.375. The molecule has 0 radical (unpaired) electrons. The molecule has 136 valence electrons. The van der Waals surface area contributed by atoms with Crippen molar-refractivity contribution in [2.75, 3.05) is 20.7 Å². The van der Waals surface area contributed by atoms with E-state index < -0.39 is 30.6 Å². The van der Waals surface area contributed by atoms with Crippen LogP contribution in [0.3, 0.4) is 0 Å². The number of nitrogens with one attached hydrogen (secondary N) is 3. The van der Waals surface area contributed by atoms with Gasteiger partial charge in [-0.3, -0.25) is 19.8 Å². The summed E-state index contributed by atoms with van der Waals surface area (Å²) in [6, 6.07) is 8.23. The molecule has 0 aliphatic rings. The summed E-state index contributed by atoms with van der Waals surface area (Å²) < 4.78 is 4.65. The highest BCUT2D eigenvalue weighted by Gasteiger charge is 2.20. The van der Waals surface area contributed by atoms with Crippen molar-refractivity contribution < 1.29 is 23.9 Å². The van der Waals surface area contributed by atoms with E-state index >= 15 is 0 Å². The molecule has 1 rings (SSSR count). The lowest BCUT2D eigenvalue weighted by molar-refractivity contribution is -0.131. The Bertz CT molecular complexity index is 618. The van der Waals surface area contributed by atoms with Gasteiger partial charge in [-0.1, -0.05) is 30.3 Å². The Morgan fingerprint density at radius 1 is 1.08 bits per heavy atom. The lowest BCUT2D eigenvalue weighted by atomic mass is 10.1. The molecule has 0 fully saturated rings. The first-order valence-corrected chi connectivity index (χ1v) is 7.53. The molecule has 1 aromatic rings. The first-order valence-electron chi connectivity index (χ1n) is 7.53. The first-order chi connectivity index (χ1) is 11.8. The van der Waals surface area contributed by atoms with E-state index in [9.17, 15) is 19.2 Å². The van der Waals surface area contributed by atoms with Crippen LogP contribution in [0.5, 0.6) is 0 Å². The van der Waals surface area contributed by atoms with Crippen LogP contribution in [0.15, 0.2) is 30.3 Å². The van der Waals surface area contributed by atoms with E-state index in [0.29, 0.717) is 0 Å². The van der Waals surface area contributed by atoms with Gasteiger partial charge in [-0.05, 0) is 5.56 Å². The van der Waals surface area contributed by atoms with Crippen molar-refractivity contribution in [3.8, 4) is 0 Å². The van der Waals surface area contributed by atoms with Crippen LogP contribution in [0.1, 0.15) is 12.5 Å². The van der Waals surface area contributed by atoms with Gasteiger partial charge in [-0.25, -0.2) is 10.2 Å². The van der Waals surface area contributed by atoms with Crippen molar-refractivity contribution in [1.82, 2.24) is 21.1 Å². The molecule has 0 bridgehead atoms. The van der Waals surface area contributed by atoms with E-state index in [1.165, 1.54) is 25.9 Å². The zero-order chi connectivity index (χ0) is 18.8. The molecular formula is C16H22N4O5. The number of hydrogen-bond acceptors (Lipinski definition) is 5. The summed E-state index contributed by atoms with van der Waals surface area (Å²) >= 11 is 0. The number of ether oxygens (including phenoxy) is 1. The maximum atomic E-state index is 12.2. The molecule has 9 heteroatoms. The van der Waals surface area contributed by atoms with Gasteiger partial charge in [0.05, 0.1) is 0 Å². The SMILES string of the molecule is CC(=O)NC(Cc1ccccc1)C(=O)NNC(=O)OCC(=O)N(C)C. The monoisotopic (exact) mass is 350 g/mol. The summed E-state index contributed by atoms with van der Waals surface area (Å²) in [6.07, 6.45) is -0.730. The van der Waals surface area contributed by atoms with Crippen LogP contribution in [0.4, 0.5) is 4.79 Å². The van der Waals surface area contributed by atoms with Crippen LogP contribution in [-0.2, 0) is 25.5 Å². The van der Waals surface area contributed by atoms with Crippen LogP contribution in [0.2, 0.25) is 0 Å². The van der Waals surface area contributed by atoms with Crippen LogP contribution >= 0.6 is 0 Å². The second-order valence-electron chi connectivity index (χ2n) is 5.42. The maximum absolute atomic E-state index is 12.2. The number of hydrazine groups is 1. The van der Waals surface area contributed by atoms with Gasteiger partial charge in [-0.2, -0.15) is 0 Å². The van der Waals surface area contributed by atoms with Crippen LogP contribution in [0, 0.1) is 0 Å². The number of carbonyl (C=O) groups excluding carboxylic acids is 4. The molecule has 1 atom stereocenters. The predicted molar refractivity (Wildman–Crippen MR) is 89.1 cm³/mol. The molecule has 0 saturated heterocycles. The van der Waals surface area contributed by atoms with Crippen molar-refractivity contribution >= 4 is 23.8 Å². The molecule has 0 heterocycles. The molecular weight excluding hydrogens is 328 g/mol. The predicted octanol–water partition coefficient (Wildman–Crippen LogP) is -0.421. The second kappa shape index (κ2) is 9.91. The molecule has 3 N–H and O–H groups in total. The van der Waals surface area contributed by atoms with Gasteiger partial charge in [0.1, 0.15) is 6.04 Å². The molecule has 1 aromatic carbocycles. The highest BCUT2D eigenvalue weighted by Crippen LogP contribution is 2.03. The van der Waals surface area contributed by atoms with Crippen molar-refractivity contribution in [3.63, 3.8) is 0 Å². The average molecular weight is 350 g/mol. The highest BCUT2D eigenvalue weighted by atomic mass is 16.6. The molecule has 4 amide bonds. The zero-order valence-corrected chi connectivity index (χ0v) is 14.4. The summed E-state index contributed by atoms with van der Waals surface area (Å²) in [5.41, 5.74) is 5.03. The van der Waals surface area contributed by atoms with Gasteiger partial charge in [0, 0.05) is 27.4 Å². The van der Waals surface area contributed by atoms with E-state index in [-0.39, 0.29) is 12.3 Å². The number of carbonyl (C=O) groups is 4. The molecule has 0 aliphatic heterocycles. The standard InChI is InChI=1S/C16H22N4O5/c1-11(21)17-13(9-12-7-5-4-6-8-12)15(23)18-19-16(24)25-10-14(22)20(2)3/h4-8,13H,9-10H2,1-3H3,(H,17,21)(H,18,23)(H,19,24). The number of likely N-dealkylation sites (N-methyl/N-ethyl adjacent to an activating group) is 1. The van der Waals surface area contributed by atoms with Crippen LogP contribution in [0.25, 0.3) is 0 Å². The minimum absolute atomic E-state index is 0.252. The Balaban J connectivity index is 2.53. The topological polar surface area (TPSA) is 117 Å². The Kier molecular flexibility index (Phi) is 7.91. The first kappa shape index (κ1) is 19.9. The van der Waals surface area contributed by atoms with E-state index in [1.807, 2.05) is 35.8 Å².